The van der Waals surface area contributed by atoms with E-state index >= 15 is 0 Å². The summed E-state index contributed by atoms with van der Waals surface area (Å²) < 4.78 is 0. The monoisotopic (exact) mass is 534 g/mol. The molecule has 2 aromatic rings. The summed E-state index contributed by atoms with van der Waals surface area (Å²) in [7, 11) is 0. The van der Waals surface area contributed by atoms with Crippen LogP contribution >= 0.6 is 58.2 Å². The minimum atomic E-state index is -0.647. The number of nitrogens with zero attached hydrogens (tertiary/aromatic N) is 1. The van der Waals surface area contributed by atoms with Gasteiger partial charge in [-0.1, -0.05) is 71.9 Å². The summed E-state index contributed by atoms with van der Waals surface area (Å²) in [6.07, 6.45) is 1.86. The van der Waals surface area contributed by atoms with Gasteiger partial charge in [-0.25, -0.2) is 0 Å². The number of amides is 2. The third-order valence-corrected chi connectivity index (χ3v) is 6.99. The van der Waals surface area contributed by atoms with Crippen molar-refractivity contribution < 1.29 is 9.59 Å². The van der Waals surface area contributed by atoms with E-state index in [1.54, 1.807) is 42.2 Å². The average Bonchev–Trinajstić information content (AvgIpc) is 2.74. The van der Waals surface area contributed by atoms with Crippen LogP contribution in [-0.2, 0) is 21.9 Å². The Morgan fingerprint density at radius 2 is 1.59 bits per heavy atom. The highest BCUT2D eigenvalue weighted by atomic mass is 35.5. The molecule has 9 heteroatoms. The number of rotatable bonds is 11. The van der Waals surface area contributed by atoms with Gasteiger partial charge < -0.3 is 10.2 Å². The molecule has 1 atom stereocenters. The maximum Gasteiger partial charge on any atom is 0.242 e. The highest BCUT2D eigenvalue weighted by Gasteiger charge is 2.26. The summed E-state index contributed by atoms with van der Waals surface area (Å²) in [5.41, 5.74) is 1.62. The molecule has 1 N–H and O–H groups in total. The molecule has 0 heterocycles. The van der Waals surface area contributed by atoms with E-state index < -0.39 is 6.04 Å². The second kappa shape index (κ2) is 13.6. The molecule has 4 nitrogen and oxygen atoms in total. The van der Waals surface area contributed by atoms with Crippen molar-refractivity contribution in [1.29, 1.82) is 0 Å². The summed E-state index contributed by atoms with van der Waals surface area (Å²) in [4.78, 5) is 27.4. The van der Waals surface area contributed by atoms with Gasteiger partial charge in [-0.2, -0.15) is 0 Å². The number of benzene rings is 2. The van der Waals surface area contributed by atoms with Gasteiger partial charge in [0, 0.05) is 38.9 Å². The Labute approximate surface area is 213 Å². The van der Waals surface area contributed by atoms with Crippen molar-refractivity contribution >= 4 is 70.0 Å². The van der Waals surface area contributed by atoms with Gasteiger partial charge in [-0.15, -0.1) is 11.8 Å². The number of hydrogen-bond donors (Lipinski definition) is 1. The minimum absolute atomic E-state index is 0.163. The van der Waals surface area contributed by atoms with Crippen LogP contribution in [0.4, 0.5) is 0 Å². The summed E-state index contributed by atoms with van der Waals surface area (Å²) in [5.74, 6) is 0.386. The standard InChI is InChI=1S/C23H26Cl4N2O2S/c1-3-4-9-28-23(31)15(2)29(12-16-5-7-18(24)10-20(16)26)22(30)14-32-13-17-6-8-19(25)11-21(17)27/h5-8,10-11,15H,3-4,9,12-14H2,1-2H3,(H,28,31). The van der Waals surface area contributed by atoms with Gasteiger partial charge in [0.1, 0.15) is 6.04 Å². The van der Waals surface area contributed by atoms with E-state index in [2.05, 4.69) is 12.2 Å². The van der Waals surface area contributed by atoms with Gasteiger partial charge in [0.25, 0.3) is 0 Å². The fourth-order valence-corrected chi connectivity index (χ4v) is 4.86. The second-order valence-corrected chi connectivity index (χ2v) is 9.98. The molecule has 0 aromatic heterocycles. The van der Waals surface area contributed by atoms with Crippen molar-refractivity contribution in [2.45, 2.75) is 45.0 Å². The molecule has 0 saturated carbocycles. The Morgan fingerprint density at radius 3 is 2.16 bits per heavy atom. The summed E-state index contributed by atoms with van der Waals surface area (Å²) in [5, 5.41) is 4.99. The Balaban J connectivity index is 2.10. The molecule has 2 rings (SSSR count). The molecule has 0 aliphatic carbocycles. The predicted octanol–water partition coefficient (Wildman–Crippen LogP) is 6.87. The quantitative estimate of drug-likeness (QED) is 0.319. The van der Waals surface area contributed by atoms with Crippen LogP contribution < -0.4 is 5.32 Å². The van der Waals surface area contributed by atoms with E-state index in [-0.39, 0.29) is 24.1 Å². The molecule has 0 radical (unpaired) electrons. The maximum absolute atomic E-state index is 13.1. The molecule has 2 aromatic carbocycles. The topological polar surface area (TPSA) is 49.4 Å². The number of carbonyl (C=O) groups is 2. The summed E-state index contributed by atoms with van der Waals surface area (Å²) >= 11 is 25.9. The van der Waals surface area contributed by atoms with Crippen molar-refractivity contribution in [3.8, 4) is 0 Å². The minimum Gasteiger partial charge on any atom is -0.354 e. The number of unbranched alkanes of at least 4 members (excludes halogenated alkanes) is 1. The molecular formula is C23H26Cl4N2O2S. The fourth-order valence-electron chi connectivity index (χ4n) is 2.92. The lowest BCUT2D eigenvalue weighted by Crippen LogP contribution is -2.48. The van der Waals surface area contributed by atoms with Crippen LogP contribution in [0.5, 0.6) is 0 Å². The molecule has 2 amide bonds. The highest BCUT2D eigenvalue weighted by Crippen LogP contribution is 2.26. The van der Waals surface area contributed by atoms with Gasteiger partial charge in [0.2, 0.25) is 11.8 Å². The molecule has 0 fully saturated rings. The highest BCUT2D eigenvalue weighted by molar-refractivity contribution is 7.99. The third kappa shape index (κ3) is 8.35. The first-order valence-electron chi connectivity index (χ1n) is 10.3. The lowest BCUT2D eigenvalue weighted by Gasteiger charge is -2.29. The van der Waals surface area contributed by atoms with Crippen LogP contribution in [0.3, 0.4) is 0 Å². The number of thioether (sulfide) groups is 1. The van der Waals surface area contributed by atoms with Crippen molar-refractivity contribution in [3.63, 3.8) is 0 Å². The van der Waals surface area contributed by atoms with Crippen molar-refractivity contribution in [3.05, 3.63) is 67.6 Å². The molecule has 0 saturated heterocycles. The van der Waals surface area contributed by atoms with Crippen molar-refractivity contribution in [2.75, 3.05) is 12.3 Å². The molecule has 0 spiro atoms. The number of hydrogen-bond acceptors (Lipinski definition) is 3. The average molecular weight is 536 g/mol. The molecule has 0 aliphatic heterocycles. The van der Waals surface area contributed by atoms with Crippen LogP contribution in [0.2, 0.25) is 20.1 Å². The Kier molecular flexibility index (Phi) is 11.5. The Bertz CT molecular complexity index is 942. The SMILES string of the molecule is CCCCNC(=O)C(C)N(Cc1ccc(Cl)cc1Cl)C(=O)CSCc1ccc(Cl)cc1Cl. The van der Waals surface area contributed by atoms with Gasteiger partial charge in [0.15, 0.2) is 0 Å². The lowest BCUT2D eigenvalue weighted by atomic mass is 10.1. The van der Waals surface area contributed by atoms with E-state index in [1.807, 2.05) is 6.07 Å². The summed E-state index contributed by atoms with van der Waals surface area (Å²) in [6.45, 7) is 4.56. The van der Waals surface area contributed by atoms with E-state index in [1.165, 1.54) is 11.8 Å². The maximum atomic E-state index is 13.1. The zero-order valence-corrected chi connectivity index (χ0v) is 21.8. The van der Waals surface area contributed by atoms with E-state index in [0.717, 1.165) is 24.0 Å². The van der Waals surface area contributed by atoms with Gasteiger partial charge >= 0.3 is 0 Å². The van der Waals surface area contributed by atoms with Crippen molar-refractivity contribution in [2.24, 2.45) is 0 Å². The molecule has 1 unspecified atom stereocenters. The van der Waals surface area contributed by atoms with E-state index in [0.29, 0.717) is 32.4 Å². The first kappa shape index (κ1) is 27.1. The van der Waals surface area contributed by atoms with Gasteiger partial charge in [-0.05, 0) is 48.7 Å². The molecule has 0 aliphatic rings. The fraction of sp³-hybridized carbons (Fsp3) is 0.391. The lowest BCUT2D eigenvalue weighted by molar-refractivity contribution is -0.138. The first-order chi connectivity index (χ1) is 15.2. The zero-order valence-electron chi connectivity index (χ0n) is 18.0. The van der Waals surface area contributed by atoms with Crippen LogP contribution in [0.25, 0.3) is 0 Å². The van der Waals surface area contributed by atoms with Crippen LogP contribution in [0, 0.1) is 0 Å². The van der Waals surface area contributed by atoms with Gasteiger partial charge in [-0.3, -0.25) is 9.59 Å². The third-order valence-electron chi connectivity index (χ3n) is 4.85. The smallest absolute Gasteiger partial charge is 0.242 e. The number of nitrogens with one attached hydrogen (secondary N) is 1. The zero-order chi connectivity index (χ0) is 23.7. The van der Waals surface area contributed by atoms with Crippen LogP contribution in [0.15, 0.2) is 36.4 Å². The molecular weight excluding hydrogens is 510 g/mol. The first-order valence-corrected chi connectivity index (χ1v) is 12.9. The van der Waals surface area contributed by atoms with Crippen molar-refractivity contribution in [1.82, 2.24) is 10.2 Å². The van der Waals surface area contributed by atoms with Crippen LogP contribution in [0.1, 0.15) is 37.8 Å². The van der Waals surface area contributed by atoms with Crippen LogP contribution in [-0.4, -0.2) is 35.1 Å². The normalized spacial score (nSPS) is 11.8. The number of carbonyl (C=O) groups excluding carboxylic acids is 2. The predicted molar refractivity (Wildman–Crippen MR) is 137 cm³/mol. The molecule has 0 bridgehead atoms. The number of halogens is 4. The van der Waals surface area contributed by atoms with Gasteiger partial charge in [0.05, 0.1) is 5.75 Å². The van der Waals surface area contributed by atoms with E-state index in [4.69, 9.17) is 46.4 Å². The Morgan fingerprint density at radius 1 is 1.00 bits per heavy atom. The second-order valence-electron chi connectivity index (χ2n) is 7.31. The largest absolute Gasteiger partial charge is 0.354 e. The molecule has 32 heavy (non-hydrogen) atoms. The Hall–Kier alpha value is -1.11. The van der Waals surface area contributed by atoms with E-state index in [9.17, 15) is 9.59 Å². The summed E-state index contributed by atoms with van der Waals surface area (Å²) in [6, 6.07) is 9.76. The molecule has 174 valence electrons.